The Morgan fingerprint density at radius 3 is 2.74 bits per heavy atom. The van der Waals surface area contributed by atoms with Crippen molar-refractivity contribution in [3.63, 3.8) is 0 Å². The quantitative estimate of drug-likeness (QED) is 0.770. The number of rotatable bonds is 1. The van der Waals surface area contributed by atoms with Crippen LogP contribution in [-0.2, 0) is 0 Å². The predicted octanol–water partition coefficient (Wildman–Crippen LogP) is 3.92. The normalized spacial score (nSPS) is 17.1. The number of aromatic nitrogens is 1. The summed E-state index contributed by atoms with van der Waals surface area (Å²) in [5, 5.41) is 0.939. The number of nitrogens with zero attached hydrogens (tertiary/aromatic N) is 2. The van der Waals surface area contributed by atoms with E-state index in [4.69, 9.17) is 0 Å². The number of piperidine rings is 1. The summed E-state index contributed by atoms with van der Waals surface area (Å²) >= 11 is 0. The lowest BCUT2D eigenvalue weighted by molar-refractivity contribution is 0.438. The molecular formula is C16H19FN2. The fourth-order valence-corrected chi connectivity index (χ4v) is 2.92. The fraction of sp³-hybridized carbons (Fsp3) is 0.438. The molecule has 19 heavy (non-hydrogen) atoms. The molecule has 3 heteroatoms. The molecule has 0 bridgehead atoms. The standard InChI is InChI=1S/C16H19FN2/c1-11-6-8-19(9-7-11)16-12(2)10-18-15-13(16)4-3-5-14(15)17/h3-5,10-11H,6-9H2,1-2H3. The molecule has 2 nitrogen and oxygen atoms in total. The van der Waals surface area contributed by atoms with Crippen LogP contribution < -0.4 is 4.90 Å². The first-order chi connectivity index (χ1) is 9.16. The maximum Gasteiger partial charge on any atom is 0.149 e. The Labute approximate surface area is 113 Å². The minimum absolute atomic E-state index is 0.232. The molecule has 0 unspecified atom stereocenters. The van der Waals surface area contributed by atoms with Crippen LogP contribution in [-0.4, -0.2) is 18.1 Å². The number of fused-ring (bicyclic) bond motifs is 1. The number of benzene rings is 1. The van der Waals surface area contributed by atoms with Crippen LogP contribution in [0.15, 0.2) is 24.4 Å². The van der Waals surface area contributed by atoms with Gasteiger partial charge in [-0.1, -0.05) is 19.1 Å². The van der Waals surface area contributed by atoms with E-state index in [1.165, 1.54) is 18.9 Å². The van der Waals surface area contributed by atoms with Gasteiger partial charge in [0.05, 0.1) is 5.69 Å². The second-order valence-corrected chi connectivity index (χ2v) is 5.60. The van der Waals surface area contributed by atoms with Gasteiger partial charge in [-0.2, -0.15) is 0 Å². The van der Waals surface area contributed by atoms with Crippen molar-refractivity contribution >= 4 is 16.6 Å². The maximum absolute atomic E-state index is 13.8. The van der Waals surface area contributed by atoms with E-state index in [1.54, 1.807) is 12.3 Å². The van der Waals surface area contributed by atoms with Crippen LogP contribution in [0.5, 0.6) is 0 Å². The van der Waals surface area contributed by atoms with E-state index in [-0.39, 0.29) is 5.82 Å². The highest BCUT2D eigenvalue weighted by Gasteiger charge is 2.20. The topological polar surface area (TPSA) is 16.1 Å². The SMILES string of the molecule is Cc1cnc2c(F)cccc2c1N1CCC(C)CC1. The molecule has 3 rings (SSSR count). The molecule has 1 aliphatic rings. The summed E-state index contributed by atoms with van der Waals surface area (Å²) in [6.45, 7) is 6.47. The van der Waals surface area contributed by atoms with Gasteiger partial charge in [0.1, 0.15) is 11.3 Å². The van der Waals surface area contributed by atoms with Crippen molar-refractivity contribution < 1.29 is 4.39 Å². The molecule has 1 aromatic heterocycles. The van der Waals surface area contributed by atoms with Crippen LogP contribution in [0, 0.1) is 18.7 Å². The highest BCUT2D eigenvalue weighted by molar-refractivity contribution is 5.93. The molecule has 0 aliphatic carbocycles. The third-order valence-corrected chi connectivity index (χ3v) is 4.10. The summed E-state index contributed by atoms with van der Waals surface area (Å²) in [5.41, 5.74) is 2.78. The van der Waals surface area contributed by atoms with Crippen LogP contribution in [0.25, 0.3) is 10.9 Å². The van der Waals surface area contributed by atoms with Crippen molar-refractivity contribution in [2.45, 2.75) is 26.7 Å². The van der Waals surface area contributed by atoms with E-state index < -0.39 is 0 Å². The molecule has 1 aromatic carbocycles. The van der Waals surface area contributed by atoms with Crippen LogP contribution in [0.2, 0.25) is 0 Å². The van der Waals surface area contributed by atoms with Gasteiger partial charge in [0, 0.05) is 24.7 Å². The first-order valence-corrected chi connectivity index (χ1v) is 6.95. The molecule has 1 saturated heterocycles. The zero-order valence-electron chi connectivity index (χ0n) is 11.5. The number of pyridine rings is 1. The number of hydrogen-bond acceptors (Lipinski definition) is 2. The third kappa shape index (κ3) is 2.18. The zero-order chi connectivity index (χ0) is 13.4. The summed E-state index contributed by atoms with van der Waals surface area (Å²) in [5.74, 6) is 0.561. The molecule has 2 heterocycles. The summed E-state index contributed by atoms with van der Waals surface area (Å²) in [6.07, 6.45) is 4.20. The molecule has 0 saturated carbocycles. The van der Waals surface area contributed by atoms with Gasteiger partial charge in [-0.3, -0.25) is 4.98 Å². The molecule has 1 fully saturated rings. The minimum atomic E-state index is -0.232. The highest BCUT2D eigenvalue weighted by atomic mass is 19.1. The molecule has 1 aliphatic heterocycles. The van der Waals surface area contributed by atoms with Gasteiger partial charge < -0.3 is 4.90 Å². The second kappa shape index (κ2) is 4.80. The Morgan fingerprint density at radius 1 is 1.26 bits per heavy atom. The van der Waals surface area contributed by atoms with E-state index in [9.17, 15) is 4.39 Å². The molecular weight excluding hydrogens is 239 g/mol. The van der Waals surface area contributed by atoms with Crippen molar-refractivity contribution in [1.29, 1.82) is 0 Å². The van der Waals surface area contributed by atoms with Crippen LogP contribution >= 0.6 is 0 Å². The summed E-state index contributed by atoms with van der Waals surface area (Å²) < 4.78 is 13.8. The zero-order valence-corrected chi connectivity index (χ0v) is 11.5. The van der Waals surface area contributed by atoms with Gasteiger partial charge in [0.15, 0.2) is 0 Å². The molecule has 0 atom stereocenters. The van der Waals surface area contributed by atoms with E-state index in [2.05, 4.69) is 23.7 Å². The maximum atomic E-state index is 13.8. The lowest BCUT2D eigenvalue weighted by Crippen LogP contribution is -2.33. The lowest BCUT2D eigenvalue weighted by Gasteiger charge is -2.33. The predicted molar refractivity (Wildman–Crippen MR) is 77.0 cm³/mol. The molecule has 0 spiro atoms. The number of anilines is 1. The van der Waals surface area contributed by atoms with Crippen LogP contribution in [0.1, 0.15) is 25.3 Å². The van der Waals surface area contributed by atoms with E-state index >= 15 is 0 Å². The van der Waals surface area contributed by atoms with E-state index in [0.717, 1.165) is 35.6 Å². The monoisotopic (exact) mass is 258 g/mol. The minimum Gasteiger partial charge on any atom is -0.371 e. The summed E-state index contributed by atoms with van der Waals surface area (Å²) in [4.78, 5) is 6.64. The van der Waals surface area contributed by atoms with Crippen molar-refractivity contribution in [1.82, 2.24) is 4.98 Å². The Balaban J connectivity index is 2.11. The van der Waals surface area contributed by atoms with Gasteiger partial charge >= 0.3 is 0 Å². The largest absolute Gasteiger partial charge is 0.371 e. The molecule has 0 radical (unpaired) electrons. The third-order valence-electron chi connectivity index (χ3n) is 4.10. The Bertz CT molecular complexity index is 601. The number of halogens is 1. The van der Waals surface area contributed by atoms with Crippen molar-refractivity contribution in [3.05, 3.63) is 35.8 Å². The first kappa shape index (κ1) is 12.4. The van der Waals surface area contributed by atoms with Gasteiger partial charge in [0.25, 0.3) is 0 Å². The van der Waals surface area contributed by atoms with Gasteiger partial charge in [-0.15, -0.1) is 0 Å². The first-order valence-electron chi connectivity index (χ1n) is 6.95. The number of hydrogen-bond donors (Lipinski definition) is 0. The van der Waals surface area contributed by atoms with Crippen LogP contribution in [0.4, 0.5) is 10.1 Å². The smallest absolute Gasteiger partial charge is 0.149 e. The summed E-state index contributed by atoms with van der Waals surface area (Å²) in [7, 11) is 0. The molecule has 2 aromatic rings. The van der Waals surface area contributed by atoms with Crippen LogP contribution in [0.3, 0.4) is 0 Å². The van der Waals surface area contributed by atoms with Gasteiger partial charge in [-0.25, -0.2) is 4.39 Å². The number of para-hydroxylation sites is 1. The second-order valence-electron chi connectivity index (χ2n) is 5.60. The van der Waals surface area contributed by atoms with E-state index in [0.29, 0.717) is 5.52 Å². The van der Waals surface area contributed by atoms with E-state index in [1.807, 2.05) is 6.07 Å². The highest BCUT2D eigenvalue weighted by Crippen LogP contribution is 2.32. The molecule has 100 valence electrons. The van der Waals surface area contributed by atoms with Gasteiger partial charge in [0.2, 0.25) is 0 Å². The van der Waals surface area contributed by atoms with Crippen molar-refractivity contribution in [2.75, 3.05) is 18.0 Å². The number of aryl methyl sites for hydroxylation is 1. The molecule has 0 N–H and O–H groups in total. The summed E-state index contributed by atoms with van der Waals surface area (Å²) in [6, 6.07) is 5.23. The molecule has 0 amide bonds. The average molecular weight is 258 g/mol. The lowest BCUT2D eigenvalue weighted by atomic mass is 9.97. The van der Waals surface area contributed by atoms with Crippen molar-refractivity contribution in [3.8, 4) is 0 Å². The van der Waals surface area contributed by atoms with Crippen molar-refractivity contribution in [2.24, 2.45) is 5.92 Å². The fourth-order valence-electron chi connectivity index (χ4n) is 2.92. The Kier molecular flexibility index (Phi) is 3.13. The Hall–Kier alpha value is -1.64. The van der Waals surface area contributed by atoms with Gasteiger partial charge in [-0.05, 0) is 37.3 Å². The Morgan fingerprint density at radius 2 is 2.00 bits per heavy atom. The average Bonchev–Trinajstić information content (AvgIpc) is 2.40.